The highest BCUT2D eigenvalue weighted by molar-refractivity contribution is 6.27. The van der Waals surface area contributed by atoms with Gasteiger partial charge in [-0.25, -0.2) is 4.90 Å². The molecule has 2 aliphatic heterocycles. The lowest BCUT2D eigenvalue weighted by molar-refractivity contribution is -0.140. The molecule has 8 aliphatic rings. The molecule has 2 fully saturated rings. The summed E-state index contributed by atoms with van der Waals surface area (Å²) in [6.07, 6.45) is 1.67. The number of hydrogen-bond acceptors (Lipinski definition) is 5. The summed E-state index contributed by atoms with van der Waals surface area (Å²) in [5.41, 5.74) is 7.36. The van der Waals surface area contributed by atoms with Crippen LogP contribution in [0.3, 0.4) is 0 Å². The van der Waals surface area contributed by atoms with Crippen molar-refractivity contribution >= 4 is 46.3 Å². The molecule has 0 radical (unpaired) electrons. The first-order valence-electron chi connectivity index (χ1n) is 18.7. The highest BCUT2D eigenvalue weighted by Crippen LogP contribution is 2.65. The Hall–Kier alpha value is -6.47. The predicted octanol–water partition coefficient (Wildman–Crippen LogP) is 7.27. The van der Waals surface area contributed by atoms with Crippen LogP contribution in [0.5, 0.6) is 0 Å². The first-order chi connectivity index (χ1) is 26.5. The molecular formula is C47H31N3O4. The topological polar surface area (TPSA) is 87.1 Å². The van der Waals surface area contributed by atoms with Gasteiger partial charge in [0.05, 0.1) is 34.8 Å². The molecule has 6 aromatic rings. The lowest BCUT2D eigenvalue weighted by Crippen LogP contribution is -2.55. The lowest BCUT2D eigenvalue weighted by Gasteiger charge is -2.52. The number of nitrogens with zero attached hydrogens (tertiary/aromatic N) is 3. The monoisotopic (exact) mass is 701 g/mol. The Balaban J connectivity index is 1.04. The van der Waals surface area contributed by atoms with Crippen LogP contribution in [0.25, 0.3) is 10.8 Å². The number of rotatable bonds is 3. The van der Waals surface area contributed by atoms with Crippen LogP contribution in [-0.4, -0.2) is 34.9 Å². The van der Waals surface area contributed by atoms with Crippen molar-refractivity contribution in [2.24, 2.45) is 28.8 Å². The Labute approximate surface area is 310 Å². The van der Waals surface area contributed by atoms with Crippen molar-refractivity contribution in [3.05, 3.63) is 184 Å². The minimum atomic E-state index is -1.22. The van der Waals surface area contributed by atoms with E-state index in [1.54, 1.807) is 6.21 Å². The second-order valence-electron chi connectivity index (χ2n) is 15.5. The molecule has 2 heterocycles. The van der Waals surface area contributed by atoms with E-state index < -0.39 is 29.1 Å². The number of hydrogen-bond donors (Lipinski definition) is 0. The number of carbonyl (C=O) groups is 4. The van der Waals surface area contributed by atoms with E-state index in [-0.39, 0.29) is 41.4 Å². The van der Waals surface area contributed by atoms with Crippen LogP contribution in [0, 0.1) is 23.7 Å². The molecule has 0 spiro atoms. The molecule has 0 N–H and O–H groups in total. The summed E-state index contributed by atoms with van der Waals surface area (Å²) in [4.78, 5) is 60.9. The second kappa shape index (κ2) is 10.4. The quantitative estimate of drug-likeness (QED) is 0.144. The number of imide groups is 2. The smallest absolute Gasteiger partial charge is 0.254 e. The van der Waals surface area contributed by atoms with Gasteiger partial charge in [0.1, 0.15) is 0 Å². The fourth-order valence-corrected chi connectivity index (χ4v) is 11.6. The van der Waals surface area contributed by atoms with E-state index in [4.69, 9.17) is 5.10 Å². The van der Waals surface area contributed by atoms with E-state index in [1.807, 2.05) is 115 Å². The molecule has 7 nitrogen and oxygen atoms in total. The van der Waals surface area contributed by atoms with E-state index in [2.05, 4.69) is 24.3 Å². The summed E-state index contributed by atoms with van der Waals surface area (Å²) in [6.45, 7) is 0. The van der Waals surface area contributed by atoms with E-state index >= 15 is 4.79 Å². The first kappa shape index (κ1) is 30.0. The minimum absolute atomic E-state index is 0.250. The lowest BCUT2D eigenvalue weighted by atomic mass is 9.47. The number of anilines is 1. The molecule has 14 rings (SSSR count). The molecule has 4 amide bonds. The maximum Gasteiger partial charge on any atom is 0.254 e. The minimum Gasteiger partial charge on any atom is -0.274 e. The Morgan fingerprint density at radius 3 is 1.50 bits per heavy atom. The third kappa shape index (κ3) is 3.42. The van der Waals surface area contributed by atoms with E-state index in [9.17, 15) is 14.4 Å². The van der Waals surface area contributed by atoms with Crippen LogP contribution in [0.4, 0.5) is 5.69 Å². The highest BCUT2D eigenvalue weighted by atomic mass is 16.2. The van der Waals surface area contributed by atoms with Crippen LogP contribution in [-0.2, 0) is 24.6 Å². The molecule has 6 aliphatic carbocycles. The van der Waals surface area contributed by atoms with Crippen LogP contribution >= 0.6 is 0 Å². The number of amides is 4. The molecule has 2 saturated heterocycles. The van der Waals surface area contributed by atoms with Crippen molar-refractivity contribution in [2.45, 2.75) is 23.2 Å². The molecule has 258 valence electrons. The summed E-state index contributed by atoms with van der Waals surface area (Å²) >= 11 is 0. The van der Waals surface area contributed by atoms with Crippen molar-refractivity contribution in [1.29, 1.82) is 0 Å². The average Bonchev–Trinajstić information content (AvgIpc) is 3.64. The number of benzene rings is 6. The number of hydrazone groups is 1. The van der Waals surface area contributed by atoms with Gasteiger partial charge in [-0.2, -0.15) is 10.1 Å². The van der Waals surface area contributed by atoms with Crippen LogP contribution in [0.2, 0.25) is 0 Å². The van der Waals surface area contributed by atoms with Gasteiger partial charge in [-0.15, -0.1) is 0 Å². The molecule has 4 atom stereocenters. The van der Waals surface area contributed by atoms with Crippen molar-refractivity contribution in [2.75, 3.05) is 4.90 Å². The second-order valence-corrected chi connectivity index (χ2v) is 15.5. The zero-order valence-corrected chi connectivity index (χ0v) is 28.9. The molecule has 54 heavy (non-hydrogen) atoms. The van der Waals surface area contributed by atoms with Gasteiger partial charge in [0, 0.05) is 29.4 Å². The average molecular weight is 702 g/mol. The standard InChI is InChI=1S/C47H31N3O4/c51-43-41-38-31-19-7-9-21-33(31)47(34-22-10-8-20-32(34)38,42(41)46(54)49(43)35-23-11-13-25-12-1-2-14-26(25)35)24-48-50-44(52)39-36-27-15-3-4-16-28(27)37(40(39)45(50)53)30-18-6-5-17-29(30)36/h1-24,36-42H/b48-24+. The SMILES string of the molecule is O=C1C2C3c4ccccc4C(c4ccccc43)C2C(=O)N1/N=C/C12c3ccccc3C(c3ccccc31)C1C(=O)N(c3cccc4ccccc34)C(=O)C12. The molecule has 7 heteroatoms. The van der Waals surface area contributed by atoms with E-state index in [0.29, 0.717) is 5.69 Å². The molecular weight excluding hydrogens is 671 g/mol. The Bertz CT molecular complexity index is 2580. The molecule has 4 bridgehead atoms. The maximum atomic E-state index is 15.2. The van der Waals surface area contributed by atoms with Gasteiger partial charge >= 0.3 is 0 Å². The molecule has 6 aromatic carbocycles. The summed E-state index contributed by atoms with van der Waals surface area (Å²) < 4.78 is 0. The van der Waals surface area contributed by atoms with Crippen molar-refractivity contribution in [3.63, 3.8) is 0 Å². The van der Waals surface area contributed by atoms with Crippen LogP contribution in [0.1, 0.15) is 62.3 Å². The van der Waals surface area contributed by atoms with E-state index in [1.165, 1.54) is 4.90 Å². The molecule has 0 aromatic heterocycles. The Morgan fingerprint density at radius 2 is 0.926 bits per heavy atom. The van der Waals surface area contributed by atoms with Gasteiger partial charge < -0.3 is 0 Å². The highest BCUT2D eigenvalue weighted by Gasteiger charge is 2.69. The van der Waals surface area contributed by atoms with Crippen LogP contribution < -0.4 is 4.90 Å². The summed E-state index contributed by atoms with van der Waals surface area (Å²) in [6, 6.07) is 45.7. The van der Waals surface area contributed by atoms with Gasteiger partial charge in [0.25, 0.3) is 11.8 Å². The normalized spacial score (nSPS) is 29.4. The van der Waals surface area contributed by atoms with Crippen molar-refractivity contribution in [1.82, 2.24) is 5.01 Å². The zero-order chi connectivity index (χ0) is 36.0. The Morgan fingerprint density at radius 1 is 0.463 bits per heavy atom. The predicted molar refractivity (Wildman–Crippen MR) is 203 cm³/mol. The van der Waals surface area contributed by atoms with Gasteiger partial charge in [0.2, 0.25) is 11.8 Å². The molecule has 0 saturated carbocycles. The maximum absolute atomic E-state index is 15.2. The zero-order valence-electron chi connectivity index (χ0n) is 28.9. The fourth-order valence-electron chi connectivity index (χ4n) is 11.6. The summed E-state index contributed by atoms with van der Waals surface area (Å²) in [7, 11) is 0. The third-order valence-corrected chi connectivity index (χ3v) is 13.5. The van der Waals surface area contributed by atoms with Gasteiger partial charge in [-0.05, 0) is 56.0 Å². The number of fused-ring (bicyclic) bond motifs is 1. The molecule has 4 unspecified atom stereocenters. The largest absolute Gasteiger partial charge is 0.274 e. The van der Waals surface area contributed by atoms with Gasteiger partial charge in [-0.1, -0.05) is 133 Å². The van der Waals surface area contributed by atoms with Gasteiger partial charge in [-0.3, -0.25) is 19.2 Å². The van der Waals surface area contributed by atoms with Gasteiger partial charge in [0.15, 0.2) is 0 Å². The van der Waals surface area contributed by atoms with Crippen molar-refractivity contribution in [3.8, 4) is 0 Å². The third-order valence-electron chi connectivity index (χ3n) is 13.5. The van der Waals surface area contributed by atoms with Crippen LogP contribution in [0.15, 0.2) is 145 Å². The van der Waals surface area contributed by atoms with Crippen molar-refractivity contribution < 1.29 is 19.2 Å². The number of carbonyl (C=O) groups excluding carboxylic acids is 4. The first-order valence-corrected chi connectivity index (χ1v) is 18.7. The fraction of sp³-hybridized carbons (Fsp3) is 0.170. The summed E-state index contributed by atoms with van der Waals surface area (Å²) in [5.74, 6) is -4.82. The van der Waals surface area contributed by atoms with E-state index in [0.717, 1.165) is 60.3 Å². The Kier molecular flexibility index (Phi) is 5.76. The summed E-state index contributed by atoms with van der Waals surface area (Å²) in [5, 5.41) is 7.76.